The number of thioether (sulfide) groups is 1. The average Bonchev–Trinajstić information content (AvgIpc) is 2.39. The van der Waals surface area contributed by atoms with Gasteiger partial charge in [-0.2, -0.15) is 11.8 Å². The number of aryl methyl sites for hydroxylation is 1. The lowest BCUT2D eigenvalue weighted by atomic mass is 9.94. The molecular weight excluding hydrogens is 272 g/mol. The molecule has 0 bridgehead atoms. The SMILES string of the molecule is CSC1CCC(Nc2cc(C)ccc2C(N)=S)CC1. The molecule has 2 nitrogen and oxygen atoms in total. The lowest BCUT2D eigenvalue weighted by Gasteiger charge is -2.29. The van der Waals surface area contributed by atoms with Gasteiger partial charge >= 0.3 is 0 Å². The fourth-order valence-electron chi connectivity index (χ4n) is 2.66. The highest BCUT2D eigenvalue weighted by Crippen LogP contribution is 2.29. The van der Waals surface area contributed by atoms with Crippen LogP contribution in [0.15, 0.2) is 18.2 Å². The van der Waals surface area contributed by atoms with Crippen LogP contribution in [0, 0.1) is 6.92 Å². The predicted molar refractivity (Wildman–Crippen MR) is 90.2 cm³/mol. The van der Waals surface area contributed by atoms with Gasteiger partial charge in [0.1, 0.15) is 4.99 Å². The minimum Gasteiger partial charge on any atom is -0.389 e. The number of rotatable bonds is 4. The van der Waals surface area contributed by atoms with Crippen molar-refractivity contribution in [3.05, 3.63) is 29.3 Å². The van der Waals surface area contributed by atoms with Gasteiger partial charge in [-0.1, -0.05) is 18.3 Å². The van der Waals surface area contributed by atoms with Gasteiger partial charge in [-0.25, -0.2) is 0 Å². The van der Waals surface area contributed by atoms with Crippen LogP contribution in [0.3, 0.4) is 0 Å². The van der Waals surface area contributed by atoms with E-state index in [1.165, 1.54) is 31.2 Å². The molecule has 4 heteroatoms. The second kappa shape index (κ2) is 6.62. The van der Waals surface area contributed by atoms with Crippen LogP contribution in [0.4, 0.5) is 5.69 Å². The van der Waals surface area contributed by atoms with Crippen LogP contribution in [0.2, 0.25) is 0 Å². The van der Waals surface area contributed by atoms with E-state index in [1.807, 2.05) is 17.8 Å². The smallest absolute Gasteiger partial charge is 0.106 e. The van der Waals surface area contributed by atoms with Crippen molar-refractivity contribution in [3.8, 4) is 0 Å². The summed E-state index contributed by atoms with van der Waals surface area (Å²) in [6, 6.07) is 6.78. The van der Waals surface area contributed by atoms with Crippen LogP contribution < -0.4 is 11.1 Å². The Morgan fingerprint density at radius 3 is 2.58 bits per heavy atom. The second-order valence-corrected chi connectivity index (χ2v) is 6.84. The lowest BCUT2D eigenvalue weighted by molar-refractivity contribution is 0.473. The molecule has 1 fully saturated rings. The number of thiocarbonyl (C=S) groups is 1. The van der Waals surface area contributed by atoms with E-state index < -0.39 is 0 Å². The van der Waals surface area contributed by atoms with Crippen molar-refractivity contribution in [2.45, 2.75) is 43.9 Å². The van der Waals surface area contributed by atoms with Crippen molar-refractivity contribution < 1.29 is 0 Å². The maximum absolute atomic E-state index is 5.80. The summed E-state index contributed by atoms with van der Waals surface area (Å²) in [5, 5.41) is 4.48. The van der Waals surface area contributed by atoms with Crippen LogP contribution in [0.5, 0.6) is 0 Å². The second-order valence-electron chi connectivity index (χ2n) is 5.27. The number of hydrogen-bond donors (Lipinski definition) is 2. The van der Waals surface area contributed by atoms with Gasteiger partial charge in [-0.15, -0.1) is 0 Å². The van der Waals surface area contributed by atoms with Crippen LogP contribution in [-0.2, 0) is 0 Å². The van der Waals surface area contributed by atoms with Crippen molar-refractivity contribution in [2.24, 2.45) is 5.73 Å². The van der Waals surface area contributed by atoms with E-state index in [1.54, 1.807) is 0 Å². The average molecular weight is 294 g/mol. The van der Waals surface area contributed by atoms with Crippen molar-refractivity contribution in [2.75, 3.05) is 11.6 Å². The van der Waals surface area contributed by atoms with Gasteiger partial charge in [0.2, 0.25) is 0 Å². The number of benzene rings is 1. The third-order valence-electron chi connectivity index (χ3n) is 3.81. The van der Waals surface area contributed by atoms with Crippen molar-refractivity contribution in [1.82, 2.24) is 0 Å². The molecule has 0 aromatic heterocycles. The first-order valence-corrected chi connectivity index (χ1v) is 8.49. The zero-order valence-electron chi connectivity index (χ0n) is 11.6. The maximum atomic E-state index is 5.80. The Balaban J connectivity index is 2.06. The monoisotopic (exact) mass is 294 g/mol. The predicted octanol–water partition coefficient (Wildman–Crippen LogP) is 3.72. The zero-order valence-corrected chi connectivity index (χ0v) is 13.2. The maximum Gasteiger partial charge on any atom is 0.106 e. The summed E-state index contributed by atoms with van der Waals surface area (Å²) in [6.07, 6.45) is 7.27. The zero-order chi connectivity index (χ0) is 13.8. The summed E-state index contributed by atoms with van der Waals surface area (Å²) < 4.78 is 0. The number of nitrogens with one attached hydrogen (secondary N) is 1. The van der Waals surface area contributed by atoms with Crippen LogP contribution >= 0.6 is 24.0 Å². The molecule has 0 atom stereocenters. The Morgan fingerprint density at radius 1 is 1.32 bits per heavy atom. The van der Waals surface area contributed by atoms with E-state index in [-0.39, 0.29) is 0 Å². The van der Waals surface area contributed by atoms with Gasteiger partial charge < -0.3 is 11.1 Å². The molecule has 0 aliphatic heterocycles. The van der Waals surface area contributed by atoms with Gasteiger partial charge in [-0.05, 0) is 56.6 Å². The van der Waals surface area contributed by atoms with Crippen molar-refractivity contribution >= 4 is 34.7 Å². The van der Waals surface area contributed by atoms with Gasteiger partial charge in [0.05, 0.1) is 0 Å². The Labute approximate surface area is 125 Å². The summed E-state index contributed by atoms with van der Waals surface area (Å²) in [5.74, 6) is 0. The van der Waals surface area contributed by atoms with E-state index in [4.69, 9.17) is 18.0 Å². The minimum absolute atomic E-state index is 0.472. The van der Waals surface area contributed by atoms with Crippen LogP contribution in [0.25, 0.3) is 0 Å². The fourth-order valence-corrected chi connectivity index (χ4v) is 3.58. The van der Waals surface area contributed by atoms with Gasteiger partial charge in [-0.3, -0.25) is 0 Å². The normalized spacial score (nSPS) is 23.1. The molecule has 3 N–H and O–H groups in total. The van der Waals surface area contributed by atoms with Gasteiger partial charge in [0.15, 0.2) is 0 Å². The molecule has 1 aromatic rings. The van der Waals surface area contributed by atoms with E-state index in [9.17, 15) is 0 Å². The highest BCUT2D eigenvalue weighted by molar-refractivity contribution is 7.99. The van der Waals surface area contributed by atoms with Crippen LogP contribution in [-0.4, -0.2) is 22.5 Å². The molecule has 19 heavy (non-hydrogen) atoms. The number of nitrogens with two attached hydrogens (primary N) is 1. The van der Waals surface area contributed by atoms with Crippen LogP contribution in [0.1, 0.15) is 36.8 Å². The third-order valence-corrected chi connectivity index (χ3v) is 5.17. The summed E-state index contributed by atoms with van der Waals surface area (Å²) in [5.41, 5.74) is 9.10. The summed E-state index contributed by atoms with van der Waals surface area (Å²) >= 11 is 7.13. The van der Waals surface area contributed by atoms with Crippen molar-refractivity contribution in [1.29, 1.82) is 0 Å². The Bertz CT molecular complexity index is 451. The molecule has 0 saturated heterocycles. The molecule has 0 radical (unpaired) electrons. The Kier molecular flexibility index (Phi) is 5.11. The van der Waals surface area contributed by atoms with E-state index in [0.717, 1.165) is 16.5 Å². The molecule has 104 valence electrons. The number of anilines is 1. The van der Waals surface area contributed by atoms with E-state index in [2.05, 4.69) is 30.6 Å². The molecule has 0 unspecified atom stereocenters. The van der Waals surface area contributed by atoms with E-state index in [0.29, 0.717) is 11.0 Å². The largest absolute Gasteiger partial charge is 0.389 e. The molecule has 1 aliphatic rings. The minimum atomic E-state index is 0.472. The molecule has 0 amide bonds. The summed E-state index contributed by atoms with van der Waals surface area (Å²) in [7, 11) is 0. The molecule has 1 aliphatic carbocycles. The Morgan fingerprint density at radius 2 is 2.00 bits per heavy atom. The molecule has 1 aromatic carbocycles. The molecule has 2 rings (SSSR count). The Hall–Kier alpha value is -0.740. The third kappa shape index (κ3) is 3.86. The molecule has 0 spiro atoms. The van der Waals surface area contributed by atoms with Crippen molar-refractivity contribution in [3.63, 3.8) is 0 Å². The topological polar surface area (TPSA) is 38.0 Å². The molecular formula is C15H22N2S2. The first kappa shape index (κ1) is 14.7. The lowest BCUT2D eigenvalue weighted by Crippen LogP contribution is -2.28. The quantitative estimate of drug-likeness (QED) is 0.830. The fraction of sp³-hybridized carbons (Fsp3) is 0.533. The highest BCUT2D eigenvalue weighted by atomic mass is 32.2. The summed E-state index contributed by atoms with van der Waals surface area (Å²) in [6.45, 7) is 2.10. The number of hydrogen-bond acceptors (Lipinski definition) is 3. The van der Waals surface area contributed by atoms with Gasteiger partial charge in [0, 0.05) is 22.5 Å². The standard InChI is InChI=1S/C15H22N2S2/c1-10-3-8-13(15(16)18)14(9-10)17-11-4-6-12(19-2)7-5-11/h3,8-9,11-12,17H,4-7H2,1-2H3,(H2,16,18). The van der Waals surface area contributed by atoms with E-state index >= 15 is 0 Å². The molecule has 0 heterocycles. The molecule has 1 saturated carbocycles. The van der Waals surface area contributed by atoms with Gasteiger partial charge in [0.25, 0.3) is 0 Å². The summed E-state index contributed by atoms with van der Waals surface area (Å²) in [4.78, 5) is 0.472. The highest BCUT2D eigenvalue weighted by Gasteiger charge is 2.21. The first-order valence-electron chi connectivity index (χ1n) is 6.80. The first-order chi connectivity index (χ1) is 9.10.